The molecule has 0 aromatic carbocycles. The Hall–Kier alpha value is -0.970. The van der Waals surface area contributed by atoms with Gasteiger partial charge in [0.1, 0.15) is 0 Å². The zero-order valence-corrected chi connectivity index (χ0v) is 13.2. The molecule has 4 heteroatoms. The summed E-state index contributed by atoms with van der Waals surface area (Å²) in [5.41, 5.74) is 0.992. The highest BCUT2D eigenvalue weighted by molar-refractivity contribution is 5.07. The van der Waals surface area contributed by atoms with Gasteiger partial charge in [-0.15, -0.1) is 0 Å². The molecule has 4 nitrogen and oxygen atoms in total. The molecule has 1 aliphatic carbocycles. The van der Waals surface area contributed by atoms with Crippen LogP contribution in [-0.2, 0) is 4.74 Å². The predicted molar refractivity (Wildman–Crippen MR) is 84.0 cm³/mol. The SMILES string of the molecule is CC1CCCC(OCC(O)CN[C@H](C)c2ccccn2)C1. The molecule has 0 saturated heterocycles. The van der Waals surface area contributed by atoms with Crippen molar-refractivity contribution in [1.29, 1.82) is 0 Å². The second-order valence-corrected chi connectivity index (χ2v) is 6.27. The number of aliphatic hydroxyl groups excluding tert-OH is 1. The monoisotopic (exact) mass is 292 g/mol. The summed E-state index contributed by atoms with van der Waals surface area (Å²) in [4.78, 5) is 4.31. The number of aliphatic hydroxyl groups is 1. The molecule has 4 atom stereocenters. The summed E-state index contributed by atoms with van der Waals surface area (Å²) in [7, 11) is 0. The standard InChI is InChI=1S/C17H28N2O2/c1-13-6-5-7-16(10-13)21-12-15(20)11-19-14(2)17-8-3-4-9-18-17/h3-4,8-9,13-16,19-20H,5-7,10-12H2,1-2H3/t13?,14-,15?,16?/m1/s1. The van der Waals surface area contributed by atoms with Crippen molar-refractivity contribution in [3.63, 3.8) is 0 Å². The first kappa shape index (κ1) is 16.4. The number of rotatable bonds is 7. The van der Waals surface area contributed by atoms with Gasteiger partial charge >= 0.3 is 0 Å². The second-order valence-electron chi connectivity index (χ2n) is 6.27. The number of nitrogens with one attached hydrogen (secondary N) is 1. The summed E-state index contributed by atoms with van der Waals surface area (Å²) < 4.78 is 5.85. The molecule has 2 rings (SSSR count). The normalized spacial score (nSPS) is 25.5. The first-order valence-electron chi connectivity index (χ1n) is 8.09. The molecule has 21 heavy (non-hydrogen) atoms. The molecule has 0 aliphatic heterocycles. The first-order valence-corrected chi connectivity index (χ1v) is 8.09. The van der Waals surface area contributed by atoms with Gasteiger partial charge in [-0.2, -0.15) is 0 Å². The zero-order chi connectivity index (χ0) is 15.1. The maximum Gasteiger partial charge on any atom is 0.0898 e. The van der Waals surface area contributed by atoms with Gasteiger partial charge < -0.3 is 15.2 Å². The molecule has 118 valence electrons. The van der Waals surface area contributed by atoms with Crippen molar-refractivity contribution in [1.82, 2.24) is 10.3 Å². The van der Waals surface area contributed by atoms with Crippen molar-refractivity contribution in [2.45, 2.75) is 57.8 Å². The fraction of sp³-hybridized carbons (Fsp3) is 0.706. The fourth-order valence-corrected chi connectivity index (χ4v) is 2.89. The van der Waals surface area contributed by atoms with Crippen molar-refractivity contribution in [2.24, 2.45) is 5.92 Å². The van der Waals surface area contributed by atoms with Crippen LogP contribution in [0.3, 0.4) is 0 Å². The minimum Gasteiger partial charge on any atom is -0.389 e. The number of hydrogen-bond donors (Lipinski definition) is 2. The highest BCUT2D eigenvalue weighted by Gasteiger charge is 2.20. The highest BCUT2D eigenvalue weighted by Crippen LogP contribution is 2.25. The van der Waals surface area contributed by atoms with Crippen molar-refractivity contribution in [3.8, 4) is 0 Å². The van der Waals surface area contributed by atoms with E-state index in [9.17, 15) is 5.11 Å². The van der Waals surface area contributed by atoms with E-state index in [1.165, 1.54) is 12.8 Å². The Morgan fingerprint density at radius 3 is 3.00 bits per heavy atom. The van der Waals surface area contributed by atoms with E-state index in [1.807, 2.05) is 18.2 Å². The summed E-state index contributed by atoms with van der Waals surface area (Å²) in [6, 6.07) is 6.01. The lowest BCUT2D eigenvalue weighted by Gasteiger charge is -2.27. The van der Waals surface area contributed by atoms with Crippen LogP contribution in [0.1, 0.15) is 51.3 Å². The fourth-order valence-electron chi connectivity index (χ4n) is 2.89. The molecule has 1 aromatic rings. The van der Waals surface area contributed by atoms with Crippen LogP contribution in [0.4, 0.5) is 0 Å². The van der Waals surface area contributed by atoms with Gasteiger partial charge in [0.05, 0.1) is 24.5 Å². The highest BCUT2D eigenvalue weighted by atomic mass is 16.5. The van der Waals surface area contributed by atoms with E-state index in [0.717, 1.165) is 24.5 Å². The third-order valence-corrected chi connectivity index (χ3v) is 4.20. The summed E-state index contributed by atoms with van der Waals surface area (Å²) in [5.74, 6) is 0.753. The van der Waals surface area contributed by atoms with E-state index < -0.39 is 6.10 Å². The van der Waals surface area contributed by atoms with Gasteiger partial charge in [0.2, 0.25) is 0 Å². The first-order chi connectivity index (χ1) is 10.1. The lowest BCUT2D eigenvalue weighted by atomic mass is 9.89. The van der Waals surface area contributed by atoms with Crippen LogP contribution >= 0.6 is 0 Å². The van der Waals surface area contributed by atoms with Crippen LogP contribution in [-0.4, -0.2) is 35.5 Å². The molecule has 1 aliphatic rings. The summed E-state index contributed by atoms with van der Waals surface area (Å²) in [5, 5.41) is 13.3. The average Bonchev–Trinajstić information content (AvgIpc) is 2.51. The Morgan fingerprint density at radius 2 is 2.29 bits per heavy atom. The van der Waals surface area contributed by atoms with Crippen LogP contribution < -0.4 is 5.32 Å². The Bertz CT molecular complexity index is 399. The molecule has 0 spiro atoms. The molecular formula is C17H28N2O2. The molecule has 1 heterocycles. The van der Waals surface area contributed by atoms with E-state index in [2.05, 4.69) is 24.1 Å². The minimum absolute atomic E-state index is 0.135. The molecule has 0 amide bonds. The quantitative estimate of drug-likeness (QED) is 0.811. The molecule has 0 radical (unpaired) electrons. The lowest BCUT2D eigenvalue weighted by Crippen LogP contribution is -2.34. The van der Waals surface area contributed by atoms with Gasteiger partial charge in [-0.05, 0) is 37.8 Å². The van der Waals surface area contributed by atoms with Crippen molar-refractivity contribution in [3.05, 3.63) is 30.1 Å². The number of nitrogens with zero attached hydrogens (tertiary/aromatic N) is 1. The molecule has 1 aromatic heterocycles. The number of aromatic nitrogens is 1. The van der Waals surface area contributed by atoms with Crippen LogP contribution in [0, 0.1) is 5.92 Å². The molecule has 1 fully saturated rings. The van der Waals surface area contributed by atoms with Crippen LogP contribution in [0.25, 0.3) is 0 Å². The Morgan fingerprint density at radius 1 is 1.43 bits per heavy atom. The smallest absolute Gasteiger partial charge is 0.0898 e. The number of pyridine rings is 1. The Balaban J connectivity index is 1.64. The number of ether oxygens (including phenoxy) is 1. The zero-order valence-electron chi connectivity index (χ0n) is 13.2. The predicted octanol–water partition coefficient (Wildman–Crippen LogP) is 2.69. The van der Waals surface area contributed by atoms with E-state index in [-0.39, 0.29) is 6.04 Å². The van der Waals surface area contributed by atoms with E-state index >= 15 is 0 Å². The van der Waals surface area contributed by atoms with Gasteiger partial charge in [0.25, 0.3) is 0 Å². The second kappa shape index (κ2) is 8.47. The Labute approximate surface area is 127 Å². The average molecular weight is 292 g/mol. The largest absolute Gasteiger partial charge is 0.389 e. The topological polar surface area (TPSA) is 54.4 Å². The van der Waals surface area contributed by atoms with E-state index in [0.29, 0.717) is 19.3 Å². The van der Waals surface area contributed by atoms with Gasteiger partial charge in [-0.3, -0.25) is 4.98 Å². The van der Waals surface area contributed by atoms with Crippen LogP contribution in [0.5, 0.6) is 0 Å². The van der Waals surface area contributed by atoms with Gasteiger partial charge in [0.15, 0.2) is 0 Å². The molecule has 2 N–H and O–H groups in total. The van der Waals surface area contributed by atoms with Crippen molar-refractivity contribution in [2.75, 3.05) is 13.2 Å². The summed E-state index contributed by atoms with van der Waals surface area (Å²) in [6.45, 7) is 5.28. The van der Waals surface area contributed by atoms with Gasteiger partial charge in [0, 0.05) is 18.8 Å². The number of hydrogen-bond acceptors (Lipinski definition) is 4. The Kier molecular flexibility index (Phi) is 6.61. The molecule has 0 bridgehead atoms. The van der Waals surface area contributed by atoms with Crippen molar-refractivity contribution >= 4 is 0 Å². The third kappa shape index (κ3) is 5.73. The van der Waals surface area contributed by atoms with E-state index in [1.54, 1.807) is 6.20 Å². The van der Waals surface area contributed by atoms with Gasteiger partial charge in [-0.25, -0.2) is 0 Å². The summed E-state index contributed by atoms with van der Waals surface area (Å²) >= 11 is 0. The molecule has 1 saturated carbocycles. The van der Waals surface area contributed by atoms with Crippen LogP contribution in [0.2, 0.25) is 0 Å². The molecular weight excluding hydrogens is 264 g/mol. The lowest BCUT2D eigenvalue weighted by molar-refractivity contribution is -0.0311. The maximum absolute atomic E-state index is 10.0. The summed E-state index contributed by atoms with van der Waals surface area (Å²) in [6.07, 6.45) is 6.48. The maximum atomic E-state index is 10.0. The van der Waals surface area contributed by atoms with Crippen molar-refractivity contribution < 1.29 is 9.84 Å². The minimum atomic E-state index is -0.464. The molecule has 3 unspecified atom stereocenters. The van der Waals surface area contributed by atoms with E-state index in [4.69, 9.17) is 4.74 Å². The van der Waals surface area contributed by atoms with Crippen LogP contribution in [0.15, 0.2) is 24.4 Å². The van der Waals surface area contributed by atoms with Gasteiger partial charge in [-0.1, -0.05) is 25.8 Å². The third-order valence-electron chi connectivity index (χ3n) is 4.20.